The second kappa shape index (κ2) is 5.33. The van der Waals surface area contributed by atoms with Crippen LogP contribution in [0.3, 0.4) is 0 Å². The summed E-state index contributed by atoms with van der Waals surface area (Å²) in [5.41, 5.74) is 0.590. The van der Waals surface area contributed by atoms with E-state index in [9.17, 15) is 4.79 Å². The number of piperidine rings is 1. The lowest BCUT2D eigenvalue weighted by Gasteiger charge is -2.36. The molecule has 0 aliphatic carbocycles. The predicted octanol–water partition coefficient (Wildman–Crippen LogP) is 1.93. The smallest absolute Gasteiger partial charge is 0.271 e. The van der Waals surface area contributed by atoms with Crippen molar-refractivity contribution >= 4 is 17.3 Å². The Labute approximate surface area is 113 Å². The van der Waals surface area contributed by atoms with Crippen LogP contribution in [0.2, 0.25) is 5.02 Å². The third kappa shape index (κ3) is 2.70. The minimum absolute atomic E-state index is 0.154. The Morgan fingerprint density at radius 3 is 2.78 bits per heavy atom. The molecule has 0 bridgehead atoms. The number of nitrogens with one attached hydrogen (secondary N) is 1. The zero-order valence-corrected chi connectivity index (χ0v) is 11.9. The van der Waals surface area contributed by atoms with Crippen molar-refractivity contribution in [1.82, 2.24) is 9.47 Å². The quantitative estimate of drug-likeness (QED) is 0.892. The molecule has 0 saturated carbocycles. The zero-order valence-electron chi connectivity index (χ0n) is 11.1. The Hall–Kier alpha value is -1.00. The van der Waals surface area contributed by atoms with Crippen LogP contribution in [-0.4, -0.2) is 35.1 Å². The maximum Gasteiger partial charge on any atom is 0.271 e. The van der Waals surface area contributed by atoms with Gasteiger partial charge in [0.2, 0.25) is 0 Å². The Bertz CT molecular complexity index is 486. The molecule has 0 spiro atoms. The normalized spacial score (nSPS) is 25.1. The molecule has 18 heavy (non-hydrogen) atoms. The SMILES string of the molecule is C[C@@H]1CC[C@@H](Nc2ccn(C)c(=O)c2Cl)CN1C. The molecule has 4 nitrogen and oxygen atoms in total. The number of anilines is 1. The molecule has 1 aromatic heterocycles. The van der Waals surface area contributed by atoms with Gasteiger partial charge in [0.25, 0.3) is 5.56 Å². The molecule has 1 fully saturated rings. The van der Waals surface area contributed by atoms with Crippen molar-refractivity contribution in [3.8, 4) is 0 Å². The van der Waals surface area contributed by atoms with Crippen LogP contribution in [-0.2, 0) is 7.05 Å². The van der Waals surface area contributed by atoms with Crippen LogP contribution < -0.4 is 10.9 Å². The van der Waals surface area contributed by atoms with E-state index in [1.165, 1.54) is 4.57 Å². The van der Waals surface area contributed by atoms with Crippen LogP contribution in [0.15, 0.2) is 17.1 Å². The number of hydrogen-bond donors (Lipinski definition) is 1. The van der Waals surface area contributed by atoms with Gasteiger partial charge in [-0.25, -0.2) is 0 Å². The largest absolute Gasteiger partial charge is 0.380 e. The average molecular weight is 270 g/mol. The summed E-state index contributed by atoms with van der Waals surface area (Å²) in [6, 6.07) is 2.85. The fourth-order valence-electron chi connectivity index (χ4n) is 2.33. The Morgan fingerprint density at radius 1 is 1.39 bits per heavy atom. The van der Waals surface area contributed by atoms with E-state index < -0.39 is 0 Å². The molecule has 0 amide bonds. The molecule has 2 heterocycles. The molecule has 2 atom stereocenters. The van der Waals surface area contributed by atoms with Crippen molar-refractivity contribution in [1.29, 1.82) is 0 Å². The molecule has 1 aromatic rings. The summed E-state index contributed by atoms with van der Waals surface area (Å²) in [5.74, 6) is 0. The zero-order chi connectivity index (χ0) is 13.3. The first-order valence-electron chi connectivity index (χ1n) is 6.31. The van der Waals surface area contributed by atoms with Gasteiger partial charge in [0.15, 0.2) is 0 Å². The highest BCUT2D eigenvalue weighted by Gasteiger charge is 2.23. The number of pyridine rings is 1. The van der Waals surface area contributed by atoms with Gasteiger partial charge in [-0.05, 0) is 32.9 Å². The Balaban J connectivity index is 2.11. The van der Waals surface area contributed by atoms with Crippen molar-refractivity contribution < 1.29 is 0 Å². The standard InChI is InChI=1S/C13H20ClN3O/c1-9-4-5-10(8-17(9)3)15-11-6-7-16(2)13(18)12(11)14/h6-7,9-10,15H,4-5,8H2,1-3H3/t9-,10-/m1/s1. The molecular weight excluding hydrogens is 250 g/mol. The number of halogens is 1. The van der Waals surface area contributed by atoms with E-state index in [1.807, 2.05) is 6.07 Å². The highest BCUT2D eigenvalue weighted by atomic mass is 35.5. The highest BCUT2D eigenvalue weighted by molar-refractivity contribution is 6.33. The van der Waals surface area contributed by atoms with Crippen molar-refractivity contribution in [2.45, 2.75) is 31.8 Å². The number of aromatic nitrogens is 1. The number of aryl methyl sites for hydroxylation is 1. The van der Waals surface area contributed by atoms with Crippen molar-refractivity contribution in [2.24, 2.45) is 7.05 Å². The molecule has 2 rings (SSSR count). The molecule has 0 radical (unpaired) electrons. The van der Waals surface area contributed by atoms with E-state index in [1.54, 1.807) is 13.2 Å². The van der Waals surface area contributed by atoms with E-state index in [4.69, 9.17) is 11.6 Å². The molecule has 1 aliphatic heterocycles. The summed E-state index contributed by atoms with van der Waals surface area (Å²) in [5, 5.41) is 3.66. The van der Waals surface area contributed by atoms with Gasteiger partial charge in [0.05, 0.1) is 5.69 Å². The second-order valence-corrected chi connectivity index (χ2v) is 5.54. The molecule has 0 unspecified atom stereocenters. The van der Waals surface area contributed by atoms with Crippen molar-refractivity contribution in [3.05, 3.63) is 27.6 Å². The van der Waals surface area contributed by atoms with Gasteiger partial charge in [0, 0.05) is 31.9 Å². The van der Waals surface area contributed by atoms with Crippen LogP contribution in [0.5, 0.6) is 0 Å². The van der Waals surface area contributed by atoms with Crippen LogP contribution in [0.1, 0.15) is 19.8 Å². The lowest BCUT2D eigenvalue weighted by molar-refractivity contribution is 0.188. The molecule has 1 aliphatic rings. The average Bonchev–Trinajstić information content (AvgIpc) is 2.34. The minimum Gasteiger partial charge on any atom is -0.380 e. The van der Waals surface area contributed by atoms with E-state index in [0.717, 1.165) is 25.1 Å². The molecule has 5 heteroatoms. The summed E-state index contributed by atoms with van der Waals surface area (Å²) in [7, 11) is 3.83. The van der Waals surface area contributed by atoms with Crippen LogP contribution in [0.4, 0.5) is 5.69 Å². The number of likely N-dealkylation sites (N-methyl/N-ethyl adjacent to an activating group) is 1. The Kier molecular flexibility index (Phi) is 3.97. The van der Waals surface area contributed by atoms with Crippen molar-refractivity contribution in [2.75, 3.05) is 18.9 Å². The fourth-order valence-corrected chi connectivity index (χ4v) is 2.58. The number of likely N-dealkylation sites (tertiary alicyclic amines) is 1. The van der Waals surface area contributed by atoms with Crippen LogP contribution in [0.25, 0.3) is 0 Å². The second-order valence-electron chi connectivity index (χ2n) is 5.17. The highest BCUT2D eigenvalue weighted by Crippen LogP contribution is 2.22. The minimum atomic E-state index is -0.154. The third-order valence-electron chi connectivity index (χ3n) is 3.76. The molecule has 1 N–H and O–H groups in total. The van der Waals surface area contributed by atoms with E-state index in [-0.39, 0.29) is 10.6 Å². The summed E-state index contributed by atoms with van der Waals surface area (Å²) in [6.45, 7) is 3.22. The predicted molar refractivity (Wildman–Crippen MR) is 75.4 cm³/mol. The van der Waals surface area contributed by atoms with Gasteiger partial charge in [-0.15, -0.1) is 0 Å². The summed E-state index contributed by atoms with van der Waals surface area (Å²) < 4.78 is 1.49. The van der Waals surface area contributed by atoms with E-state index in [0.29, 0.717) is 12.1 Å². The van der Waals surface area contributed by atoms with Crippen LogP contribution in [0, 0.1) is 0 Å². The third-order valence-corrected chi connectivity index (χ3v) is 4.13. The van der Waals surface area contributed by atoms with Crippen molar-refractivity contribution in [3.63, 3.8) is 0 Å². The molecule has 0 aromatic carbocycles. The first-order valence-corrected chi connectivity index (χ1v) is 6.68. The maximum absolute atomic E-state index is 11.7. The summed E-state index contributed by atoms with van der Waals surface area (Å²) >= 11 is 6.07. The molecule has 1 saturated heterocycles. The molecular formula is C13H20ClN3O. The molecule has 100 valence electrons. The summed E-state index contributed by atoms with van der Waals surface area (Å²) in [6.07, 6.45) is 4.01. The van der Waals surface area contributed by atoms with E-state index >= 15 is 0 Å². The van der Waals surface area contributed by atoms with Gasteiger partial charge in [-0.2, -0.15) is 0 Å². The van der Waals surface area contributed by atoms with E-state index in [2.05, 4.69) is 24.2 Å². The van der Waals surface area contributed by atoms with Crippen LogP contribution >= 0.6 is 11.6 Å². The maximum atomic E-state index is 11.7. The van der Waals surface area contributed by atoms with Gasteiger partial charge in [-0.3, -0.25) is 4.79 Å². The van der Waals surface area contributed by atoms with Gasteiger partial charge in [-0.1, -0.05) is 11.6 Å². The lowest BCUT2D eigenvalue weighted by Crippen LogP contribution is -2.44. The first-order chi connectivity index (χ1) is 8.49. The number of rotatable bonds is 2. The van der Waals surface area contributed by atoms with Gasteiger partial charge in [0.1, 0.15) is 5.02 Å². The number of nitrogens with zero attached hydrogens (tertiary/aromatic N) is 2. The lowest BCUT2D eigenvalue weighted by atomic mass is 10.00. The van der Waals surface area contributed by atoms with Gasteiger partial charge >= 0.3 is 0 Å². The fraction of sp³-hybridized carbons (Fsp3) is 0.615. The van der Waals surface area contributed by atoms with Gasteiger partial charge < -0.3 is 14.8 Å². The summed E-state index contributed by atoms with van der Waals surface area (Å²) in [4.78, 5) is 14.1. The first kappa shape index (κ1) is 13.4. The monoisotopic (exact) mass is 269 g/mol. The Morgan fingerprint density at radius 2 is 2.11 bits per heavy atom. The topological polar surface area (TPSA) is 37.3 Å². The number of hydrogen-bond acceptors (Lipinski definition) is 3.